The smallest absolute Gasteiger partial charge is 0.408 e. The molecule has 0 unspecified atom stereocenters. The monoisotopic (exact) mass is 397 g/mol. The van der Waals surface area contributed by atoms with Crippen molar-refractivity contribution in [2.75, 3.05) is 13.1 Å². The van der Waals surface area contributed by atoms with Gasteiger partial charge in [0, 0.05) is 25.2 Å². The van der Waals surface area contributed by atoms with Crippen LogP contribution in [0.5, 0.6) is 0 Å². The van der Waals surface area contributed by atoms with Gasteiger partial charge in [-0.25, -0.2) is 4.79 Å². The van der Waals surface area contributed by atoms with E-state index in [9.17, 15) is 10.1 Å². The Morgan fingerprint density at radius 1 is 1.24 bits per heavy atom. The minimum absolute atomic E-state index is 0.161. The lowest BCUT2D eigenvalue weighted by Crippen LogP contribution is -2.52. The molecule has 1 aliphatic heterocycles. The number of rotatable bonds is 4. The first-order valence-electron chi connectivity index (χ1n) is 11.0. The van der Waals surface area contributed by atoms with Gasteiger partial charge in [0.05, 0.1) is 11.6 Å². The number of nitrogens with one attached hydrogen (secondary N) is 1. The molecule has 0 saturated heterocycles. The fourth-order valence-corrected chi connectivity index (χ4v) is 4.66. The highest BCUT2D eigenvalue weighted by Crippen LogP contribution is 2.32. The standard InChI is InChI=1S/C24H35N3O2/c1-18-14-19-8-12-27(17-21(19)15-20(18)16-25)13-11-24(9-6-5-7-10-24)26-22(28)29-23(2,3)4/h14-15H,5-13,17H2,1-4H3,(H,26,28). The average molecular weight is 398 g/mol. The van der Waals surface area contributed by atoms with Crippen LogP contribution in [0.15, 0.2) is 12.1 Å². The van der Waals surface area contributed by atoms with Gasteiger partial charge in [-0.1, -0.05) is 25.3 Å². The van der Waals surface area contributed by atoms with Gasteiger partial charge in [-0.2, -0.15) is 5.26 Å². The molecule has 1 amide bonds. The number of alkyl carbamates (subject to hydrolysis) is 1. The van der Waals surface area contributed by atoms with Gasteiger partial charge in [-0.3, -0.25) is 4.90 Å². The molecule has 0 atom stereocenters. The van der Waals surface area contributed by atoms with Crippen LogP contribution in [0.1, 0.15) is 81.5 Å². The maximum absolute atomic E-state index is 12.5. The Hall–Kier alpha value is -2.06. The number of ether oxygens (including phenoxy) is 1. The van der Waals surface area contributed by atoms with Gasteiger partial charge in [0.1, 0.15) is 5.60 Å². The molecule has 5 heteroatoms. The molecule has 0 aromatic heterocycles. The fraction of sp³-hybridized carbons (Fsp3) is 0.667. The van der Waals surface area contributed by atoms with Crippen molar-refractivity contribution in [3.05, 3.63) is 34.4 Å². The highest BCUT2D eigenvalue weighted by atomic mass is 16.6. The number of carbonyl (C=O) groups excluding carboxylic acids is 1. The predicted octanol–water partition coefficient (Wildman–Crippen LogP) is 4.84. The second-order valence-electron chi connectivity index (χ2n) is 9.79. The minimum atomic E-state index is -0.479. The van der Waals surface area contributed by atoms with Gasteiger partial charge >= 0.3 is 6.09 Å². The third kappa shape index (κ3) is 5.73. The third-order valence-electron chi connectivity index (χ3n) is 6.24. The zero-order chi connectivity index (χ0) is 21.1. The van der Waals surface area contributed by atoms with E-state index in [4.69, 9.17) is 4.74 Å². The molecule has 2 aliphatic rings. The van der Waals surface area contributed by atoms with Crippen LogP contribution in [0.2, 0.25) is 0 Å². The van der Waals surface area contributed by atoms with E-state index in [2.05, 4.69) is 28.4 Å². The Morgan fingerprint density at radius 2 is 1.97 bits per heavy atom. The van der Waals surface area contributed by atoms with E-state index in [0.717, 1.165) is 69.3 Å². The topological polar surface area (TPSA) is 65.4 Å². The van der Waals surface area contributed by atoms with Gasteiger partial charge in [-0.05, 0) is 76.1 Å². The largest absolute Gasteiger partial charge is 0.444 e. The molecule has 1 saturated carbocycles. The fourth-order valence-electron chi connectivity index (χ4n) is 4.66. The van der Waals surface area contributed by atoms with Crippen molar-refractivity contribution in [1.82, 2.24) is 10.2 Å². The number of nitrogens with zero attached hydrogens (tertiary/aromatic N) is 2. The SMILES string of the molecule is Cc1cc2c(cc1C#N)CN(CCC1(NC(=O)OC(C)(C)C)CCCCC1)CC2. The molecule has 158 valence electrons. The second-order valence-corrected chi connectivity index (χ2v) is 9.79. The highest BCUT2D eigenvalue weighted by Gasteiger charge is 2.35. The van der Waals surface area contributed by atoms with E-state index in [0.29, 0.717) is 0 Å². The third-order valence-corrected chi connectivity index (χ3v) is 6.24. The maximum Gasteiger partial charge on any atom is 0.408 e. The van der Waals surface area contributed by atoms with Crippen molar-refractivity contribution in [2.45, 2.75) is 90.3 Å². The second kappa shape index (κ2) is 8.75. The van der Waals surface area contributed by atoms with Crippen molar-refractivity contribution in [2.24, 2.45) is 0 Å². The number of amides is 1. The van der Waals surface area contributed by atoms with Crippen molar-refractivity contribution in [1.29, 1.82) is 5.26 Å². The van der Waals surface area contributed by atoms with E-state index in [1.54, 1.807) is 0 Å². The first kappa shape index (κ1) is 21.6. The average Bonchev–Trinajstić information content (AvgIpc) is 2.65. The summed E-state index contributed by atoms with van der Waals surface area (Å²) in [6, 6.07) is 6.55. The molecule has 1 aliphatic carbocycles. The summed E-state index contributed by atoms with van der Waals surface area (Å²) in [6.07, 6.45) is 7.27. The summed E-state index contributed by atoms with van der Waals surface area (Å²) in [5.41, 5.74) is 3.86. The summed E-state index contributed by atoms with van der Waals surface area (Å²) < 4.78 is 5.55. The van der Waals surface area contributed by atoms with Crippen LogP contribution in [0, 0.1) is 18.3 Å². The molecule has 1 N–H and O–H groups in total. The molecule has 1 aromatic rings. The van der Waals surface area contributed by atoms with E-state index >= 15 is 0 Å². The Bertz CT molecular complexity index is 783. The van der Waals surface area contributed by atoms with E-state index < -0.39 is 5.60 Å². The van der Waals surface area contributed by atoms with Crippen LogP contribution in [-0.4, -0.2) is 35.2 Å². The normalized spacial score (nSPS) is 19.1. The van der Waals surface area contributed by atoms with E-state index in [1.807, 2.05) is 27.7 Å². The van der Waals surface area contributed by atoms with Gasteiger partial charge in [-0.15, -0.1) is 0 Å². The molecule has 1 fully saturated rings. The summed E-state index contributed by atoms with van der Waals surface area (Å²) in [7, 11) is 0. The van der Waals surface area contributed by atoms with Crippen molar-refractivity contribution < 1.29 is 9.53 Å². The summed E-state index contributed by atoms with van der Waals surface area (Å²) in [6.45, 7) is 10.6. The van der Waals surface area contributed by atoms with Crippen LogP contribution >= 0.6 is 0 Å². The lowest BCUT2D eigenvalue weighted by Gasteiger charge is -2.40. The molecule has 0 radical (unpaired) electrons. The Kier molecular flexibility index (Phi) is 6.53. The number of fused-ring (bicyclic) bond motifs is 1. The first-order valence-corrected chi connectivity index (χ1v) is 11.0. The molecule has 5 nitrogen and oxygen atoms in total. The lowest BCUT2D eigenvalue weighted by molar-refractivity contribution is 0.0402. The zero-order valence-corrected chi connectivity index (χ0v) is 18.4. The van der Waals surface area contributed by atoms with Gasteiger partial charge < -0.3 is 10.1 Å². The summed E-state index contributed by atoms with van der Waals surface area (Å²) in [5, 5.41) is 12.6. The predicted molar refractivity (Wildman–Crippen MR) is 115 cm³/mol. The van der Waals surface area contributed by atoms with Crippen LogP contribution in [0.25, 0.3) is 0 Å². The molecule has 0 spiro atoms. The number of carbonyl (C=O) groups is 1. The minimum Gasteiger partial charge on any atom is -0.444 e. The van der Waals surface area contributed by atoms with Crippen LogP contribution < -0.4 is 5.32 Å². The number of hydrogen-bond donors (Lipinski definition) is 1. The molecular weight excluding hydrogens is 362 g/mol. The van der Waals surface area contributed by atoms with Crippen molar-refractivity contribution >= 4 is 6.09 Å². The summed E-state index contributed by atoms with van der Waals surface area (Å²) in [5.74, 6) is 0. The van der Waals surface area contributed by atoms with E-state index in [1.165, 1.54) is 17.5 Å². The lowest BCUT2D eigenvalue weighted by atomic mass is 9.79. The van der Waals surface area contributed by atoms with Crippen molar-refractivity contribution in [3.8, 4) is 6.07 Å². The Balaban J connectivity index is 1.64. The highest BCUT2D eigenvalue weighted by molar-refractivity contribution is 5.68. The number of nitriles is 1. The van der Waals surface area contributed by atoms with Crippen LogP contribution in [-0.2, 0) is 17.7 Å². The Labute approximate surface area is 175 Å². The van der Waals surface area contributed by atoms with Crippen LogP contribution in [0.4, 0.5) is 4.79 Å². The quantitative estimate of drug-likeness (QED) is 0.789. The zero-order valence-electron chi connectivity index (χ0n) is 18.4. The number of hydrogen-bond acceptors (Lipinski definition) is 4. The number of aryl methyl sites for hydroxylation is 1. The molecule has 29 heavy (non-hydrogen) atoms. The first-order chi connectivity index (χ1) is 13.7. The molecule has 3 rings (SSSR count). The number of benzene rings is 1. The van der Waals surface area contributed by atoms with Crippen molar-refractivity contribution in [3.63, 3.8) is 0 Å². The Morgan fingerprint density at radius 3 is 2.62 bits per heavy atom. The van der Waals surface area contributed by atoms with Gasteiger partial charge in [0.2, 0.25) is 0 Å². The summed E-state index contributed by atoms with van der Waals surface area (Å²) >= 11 is 0. The summed E-state index contributed by atoms with van der Waals surface area (Å²) in [4.78, 5) is 14.9. The maximum atomic E-state index is 12.5. The molecule has 0 bridgehead atoms. The molecular formula is C24H35N3O2. The van der Waals surface area contributed by atoms with E-state index in [-0.39, 0.29) is 11.6 Å². The molecule has 1 aromatic carbocycles. The van der Waals surface area contributed by atoms with Gasteiger partial charge in [0.25, 0.3) is 0 Å². The van der Waals surface area contributed by atoms with Gasteiger partial charge in [0.15, 0.2) is 0 Å². The molecule has 1 heterocycles. The van der Waals surface area contributed by atoms with Crippen LogP contribution in [0.3, 0.4) is 0 Å².